The molecule has 0 aliphatic heterocycles. The maximum absolute atomic E-state index is 12.4. The van der Waals surface area contributed by atoms with Gasteiger partial charge in [0.05, 0.1) is 6.10 Å². The molecule has 1 fully saturated rings. The zero-order chi connectivity index (χ0) is 12.7. The number of benzene rings is 1. The lowest BCUT2D eigenvalue weighted by Gasteiger charge is -2.36. The van der Waals surface area contributed by atoms with Gasteiger partial charge in [-0.25, -0.2) is 0 Å². The lowest BCUT2D eigenvalue weighted by Crippen LogP contribution is -2.38. The number of pyridine rings is 1. The SMILES string of the molecule is COC1CC(n2c(N)cc3ccccc3c2=O)C1. The average molecular weight is 244 g/mol. The molecule has 4 heteroatoms. The quantitative estimate of drug-likeness (QED) is 0.878. The lowest BCUT2D eigenvalue weighted by molar-refractivity contribution is 0.00599. The number of fused-ring (bicyclic) bond motifs is 1. The number of aromatic nitrogens is 1. The van der Waals surface area contributed by atoms with Crippen LogP contribution in [0, 0.1) is 0 Å². The second kappa shape index (κ2) is 4.14. The number of hydrogen-bond donors (Lipinski definition) is 1. The largest absolute Gasteiger partial charge is 0.385 e. The number of ether oxygens (including phenoxy) is 1. The third-order valence-corrected chi connectivity index (χ3v) is 3.76. The van der Waals surface area contributed by atoms with Crippen LogP contribution < -0.4 is 11.3 Å². The van der Waals surface area contributed by atoms with E-state index in [2.05, 4.69) is 0 Å². The van der Waals surface area contributed by atoms with Gasteiger partial charge < -0.3 is 10.5 Å². The minimum atomic E-state index is 0.00477. The predicted molar refractivity (Wildman–Crippen MR) is 71.7 cm³/mol. The summed E-state index contributed by atoms with van der Waals surface area (Å²) >= 11 is 0. The highest BCUT2D eigenvalue weighted by atomic mass is 16.5. The fourth-order valence-corrected chi connectivity index (χ4v) is 2.61. The van der Waals surface area contributed by atoms with Crippen LogP contribution in [0.4, 0.5) is 5.82 Å². The minimum Gasteiger partial charge on any atom is -0.385 e. The fourth-order valence-electron chi connectivity index (χ4n) is 2.61. The summed E-state index contributed by atoms with van der Waals surface area (Å²) in [5, 5.41) is 1.63. The van der Waals surface area contributed by atoms with Gasteiger partial charge in [0, 0.05) is 18.5 Å². The van der Waals surface area contributed by atoms with Crippen LogP contribution in [0.2, 0.25) is 0 Å². The Balaban J connectivity index is 2.10. The highest BCUT2D eigenvalue weighted by Crippen LogP contribution is 2.35. The first-order valence-electron chi connectivity index (χ1n) is 6.13. The normalized spacial score (nSPS) is 22.9. The van der Waals surface area contributed by atoms with Crippen molar-refractivity contribution >= 4 is 16.6 Å². The monoisotopic (exact) mass is 244 g/mol. The Bertz CT molecular complexity index is 642. The van der Waals surface area contributed by atoms with E-state index in [9.17, 15) is 4.79 Å². The molecule has 4 nitrogen and oxygen atoms in total. The number of anilines is 1. The number of nitrogens with two attached hydrogens (primary N) is 1. The van der Waals surface area contributed by atoms with E-state index in [4.69, 9.17) is 10.5 Å². The van der Waals surface area contributed by atoms with E-state index in [0.29, 0.717) is 5.82 Å². The maximum atomic E-state index is 12.4. The van der Waals surface area contributed by atoms with Crippen molar-refractivity contribution in [3.63, 3.8) is 0 Å². The van der Waals surface area contributed by atoms with E-state index < -0.39 is 0 Å². The molecule has 0 unspecified atom stereocenters. The van der Waals surface area contributed by atoms with Crippen LogP contribution in [0.25, 0.3) is 10.8 Å². The molecule has 1 aliphatic carbocycles. The van der Waals surface area contributed by atoms with Gasteiger partial charge in [-0.3, -0.25) is 9.36 Å². The molecule has 1 aliphatic rings. The number of nitrogen functional groups attached to an aromatic ring is 1. The van der Waals surface area contributed by atoms with E-state index >= 15 is 0 Å². The first-order valence-corrected chi connectivity index (χ1v) is 6.13. The maximum Gasteiger partial charge on any atom is 0.260 e. The Hall–Kier alpha value is -1.81. The first kappa shape index (κ1) is 11.3. The van der Waals surface area contributed by atoms with Crippen LogP contribution >= 0.6 is 0 Å². The van der Waals surface area contributed by atoms with Crippen molar-refractivity contribution in [1.82, 2.24) is 4.57 Å². The average Bonchev–Trinajstić information content (AvgIpc) is 2.31. The number of rotatable bonds is 2. The molecule has 1 heterocycles. The van der Waals surface area contributed by atoms with E-state index in [0.717, 1.165) is 23.6 Å². The summed E-state index contributed by atoms with van der Waals surface area (Å²) in [6.07, 6.45) is 1.98. The molecule has 94 valence electrons. The molecule has 0 amide bonds. The zero-order valence-electron chi connectivity index (χ0n) is 10.3. The second-order valence-electron chi connectivity index (χ2n) is 4.81. The Morgan fingerprint density at radius 3 is 2.78 bits per heavy atom. The molecule has 0 saturated heterocycles. The summed E-state index contributed by atoms with van der Waals surface area (Å²) in [4.78, 5) is 12.4. The Morgan fingerprint density at radius 2 is 2.06 bits per heavy atom. The summed E-state index contributed by atoms with van der Waals surface area (Å²) < 4.78 is 6.96. The van der Waals surface area contributed by atoms with Gasteiger partial charge >= 0.3 is 0 Å². The number of hydrogen-bond acceptors (Lipinski definition) is 3. The van der Waals surface area contributed by atoms with Crippen LogP contribution in [-0.4, -0.2) is 17.8 Å². The molecule has 3 rings (SSSR count). The van der Waals surface area contributed by atoms with Gasteiger partial charge in [-0.2, -0.15) is 0 Å². The van der Waals surface area contributed by atoms with Crippen molar-refractivity contribution in [2.24, 2.45) is 0 Å². The molecule has 1 aromatic heterocycles. The van der Waals surface area contributed by atoms with Gasteiger partial charge in [0.1, 0.15) is 5.82 Å². The summed E-state index contributed by atoms with van der Waals surface area (Å²) in [5.74, 6) is 0.540. The van der Waals surface area contributed by atoms with Crippen molar-refractivity contribution in [3.05, 3.63) is 40.7 Å². The molecule has 1 aromatic carbocycles. The molecular formula is C14H16N2O2. The Morgan fingerprint density at radius 1 is 1.33 bits per heavy atom. The summed E-state index contributed by atoms with van der Waals surface area (Å²) in [7, 11) is 1.70. The van der Waals surface area contributed by atoms with Crippen LogP contribution in [-0.2, 0) is 4.74 Å². The molecule has 2 N–H and O–H groups in total. The van der Waals surface area contributed by atoms with Crippen molar-refractivity contribution in [2.45, 2.75) is 25.0 Å². The standard InChI is InChI=1S/C14H16N2O2/c1-18-11-7-10(8-11)16-13(15)6-9-4-2-3-5-12(9)14(16)17/h2-6,10-11H,7-8,15H2,1H3. The molecule has 0 atom stereocenters. The van der Waals surface area contributed by atoms with E-state index in [-0.39, 0.29) is 17.7 Å². The number of methoxy groups -OCH3 is 1. The third kappa shape index (κ3) is 1.61. The van der Waals surface area contributed by atoms with Gasteiger partial charge in [0.2, 0.25) is 0 Å². The van der Waals surface area contributed by atoms with Crippen LogP contribution in [0.3, 0.4) is 0 Å². The molecule has 0 bridgehead atoms. The minimum absolute atomic E-state index is 0.00477. The molecule has 18 heavy (non-hydrogen) atoms. The molecule has 2 aromatic rings. The van der Waals surface area contributed by atoms with Crippen LogP contribution in [0.15, 0.2) is 35.1 Å². The number of nitrogens with zero attached hydrogens (tertiary/aromatic N) is 1. The Labute approximate surface area is 105 Å². The predicted octanol–water partition coefficient (Wildman–Crippen LogP) is 1.93. The van der Waals surface area contributed by atoms with Crippen molar-refractivity contribution < 1.29 is 4.74 Å². The highest BCUT2D eigenvalue weighted by molar-refractivity contribution is 5.83. The van der Waals surface area contributed by atoms with Gasteiger partial charge in [0.15, 0.2) is 0 Å². The van der Waals surface area contributed by atoms with Crippen molar-refractivity contribution in [3.8, 4) is 0 Å². The molecular weight excluding hydrogens is 228 g/mol. The molecule has 1 saturated carbocycles. The first-order chi connectivity index (χ1) is 8.70. The third-order valence-electron chi connectivity index (χ3n) is 3.76. The topological polar surface area (TPSA) is 57.2 Å². The van der Waals surface area contributed by atoms with Crippen molar-refractivity contribution in [1.29, 1.82) is 0 Å². The summed E-state index contributed by atoms with van der Waals surface area (Å²) in [6, 6.07) is 9.60. The molecule has 0 radical (unpaired) electrons. The van der Waals surface area contributed by atoms with Crippen molar-refractivity contribution in [2.75, 3.05) is 12.8 Å². The van der Waals surface area contributed by atoms with Gasteiger partial charge in [-0.15, -0.1) is 0 Å². The second-order valence-corrected chi connectivity index (χ2v) is 4.81. The van der Waals surface area contributed by atoms with Crippen LogP contribution in [0.5, 0.6) is 0 Å². The smallest absolute Gasteiger partial charge is 0.260 e. The lowest BCUT2D eigenvalue weighted by atomic mass is 9.88. The van der Waals surface area contributed by atoms with E-state index in [1.165, 1.54) is 0 Å². The Kier molecular flexibility index (Phi) is 2.59. The van der Waals surface area contributed by atoms with Crippen LogP contribution in [0.1, 0.15) is 18.9 Å². The molecule has 0 spiro atoms. The van der Waals surface area contributed by atoms with E-state index in [1.54, 1.807) is 11.7 Å². The van der Waals surface area contributed by atoms with Gasteiger partial charge in [-0.05, 0) is 30.4 Å². The fraction of sp³-hybridized carbons (Fsp3) is 0.357. The van der Waals surface area contributed by atoms with Gasteiger partial charge in [-0.1, -0.05) is 18.2 Å². The summed E-state index contributed by atoms with van der Waals surface area (Å²) in [6.45, 7) is 0. The zero-order valence-corrected chi connectivity index (χ0v) is 10.3. The summed E-state index contributed by atoms with van der Waals surface area (Å²) in [5.41, 5.74) is 6.01. The van der Waals surface area contributed by atoms with Gasteiger partial charge in [0.25, 0.3) is 5.56 Å². The van der Waals surface area contributed by atoms with E-state index in [1.807, 2.05) is 30.3 Å². The highest BCUT2D eigenvalue weighted by Gasteiger charge is 2.32.